The lowest BCUT2D eigenvalue weighted by atomic mass is 10.6. The van der Waals surface area contributed by atoms with Crippen LogP contribution in [-0.4, -0.2) is 37.8 Å². The molecule has 0 aromatic carbocycles. The van der Waals surface area contributed by atoms with Crippen molar-refractivity contribution in [3.63, 3.8) is 0 Å². The lowest BCUT2D eigenvalue weighted by Crippen LogP contribution is -3.00. The maximum absolute atomic E-state index is 5.04. The number of halogens is 1. The summed E-state index contributed by atoms with van der Waals surface area (Å²) in [5.74, 6) is 2.96. The van der Waals surface area contributed by atoms with Gasteiger partial charge in [-0.05, 0) is 6.92 Å². The number of hydrogen-bond donors (Lipinski definition) is 0. The highest BCUT2D eigenvalue weighted by Crippen LogP contribution is 1.69. The first-order chi connectivity index (χ1) is 4.27. The first-order valence-electron chi connectivity index (χ1n) is 3.10. The Morgan fingerprint density at radius 2 is 2.10 bits per heavy atom. The Morgan fingerprint density at radius 3 is 2.50 bits per heavy atom. The number of nitrogens with zero attached hydrogens (tertiary/aromatic N) is 1. The summed E-state index contributed by atoms with van der Waals surface area (Å²) in [7, 11) is 3.87. The van der Waals surface area contributed by atoms with Crippen molar-refractivity contribution >= 4 is 5.87 Å². The van der Waals surface area contributed by atoms with E-state index in [2.05, 4.69) is 5.87 Å². The highest BCUT2D eigenvalue weighted by molar-refractivity contribution is 5.45. The van der Waals surface area contributed by atoms with Gasteiger partial charge in [0.05, 0.1) is 6.61 Å². The minimum atomic E-state index is 0. The molecular weight excluding hydrogens is 150 g/mol. The van der Waals surface area contributed by atoms with Crippen LogP contribution in [0.2, 0.25) is 0 Å². The van der Waals surface area contributed by atoms with Crippen LogP contribution in [0.4, 0.5) is 0 Å². The summed E-state index contributed by atoms with van der Waals surface area (Å²) in [5.41, 5.74) is 0. The first-order valence-corrected chi connectivity index (χ1v) is 3.10. The van der Waals surface area contributed by atoms with E-state index in [-0.39, 0.29) is 12.4 Å². The van der Waals surface area contributed by atoms with E-state index in [1.807, 2.05) is 31.7 Å². The third-order valence-electron chi connectivity index (χ3n) is 0.755. The normalized spacial score (nSPS) is 7.50. The zero-order valence-electron chi connectivity index (χ0n) is 6.72. The molecule has 0 fully saturated rings. The lowest BCUT2D eigenvalue weighted by molar-refractivity contribution is -0.456. The van der Waals surface area contributed by atoms with Gasteiger partial charge in [0.2, 0.25) is 0 Å². The van der Waals surface area contributed by atoms with Crippen LogP contribution in [0.3, 0.4) is 0 Å². The largest absolute Gasteiger partial charge is 1.00 e. The molecule has 0 aliphatic rings. The Kier molecular flexibility index (Phi) is 10.8. The molecule has 0 aromatic rings. The number of ether oxygens (including phenoxy) is 1. The third-order valence-corrected chi connectivity index (χ3v) is 0.755. The maximum Gasteiger partial charge on any atom is 0.164 e. The summed E-state index contributed by atoms with van der Waals surface area (Å²) in [6, 6.07) is 0. The molecule has 0 saturated heterocycles. The van der Waals surface area contributed by atoms with Gasteiger partial charge < -0.3 is 17.1 Å². The predicted octanol–water partition coefficient (Wildman–Crippen LogP) is -2.48. The van der Waals surface area contributed by atoms with Crippen molar-refractivity contribution in [3.8, 4) is 0 Å². The van der Waals surface area contributed by atoms with Crippen LogP contribution in [0.15, 0.2) is 6.08 Å². The van der Waals surface area contributed by atoms with Gasteiger partial charge in [-0.3, -0.25) is 0 Å². The van der Waals surface area contributed by atoms with E-state index in [1.54, 1.807) is 0 Å². The Labute approximate surface area is 68.6 Å². The molecule has 0 amide bonds. The van der Waals surface area contributed by atoms with Crippen molar-refractivity contribution in [2.24, 2.45) is 0 Å². The van der Waals surface area contributed by atoms with Gasteiger partial charge in [-0.2, -0.15) is 4.58 Å². The molecule has 0 radical (unpaired) electrons. The molecule has 0 aliphatic heterocycles. The zero-order chi connectivity index (χ0) is 7.11. The SMILES string of the molecule is CCOCC=C=[N+](C)C.[Cl-]. The van der Waals surface area contributed by atoms with Crippen molar-refractivity contribution in [1.82, 2.24) is 0 Å². The second kappa shape index (κ2) is 8.70. The molecule has 0 N–H and O–H groups in total. The molecule has 0 bridgehead atoms. The molecule has 10 heavy (non-hydrogen) atoms. The fraction of sp³-hybridized carbons (Fsp3) is 0.714. The van der Waals surface area contributed by atoms with Gasteiger partial charge in [0.25, 0.3) is 0 Å². The van der Waals surface area contributed by atoms with Crippen molar-refractivity contribution in [2.75, 3.05) is 27.3 Å². The van der Waals surface area contributed by atoms with Crippen molar-refractivity contribution in [1.29, 1.82) is 0 Å². The number of hydrogen-bond acceptors (Lipinski definition) is 1. The van der Waals surface area contributed by atoms with Gasteiger partial charge in [0.15, 0.2) is 5.87 Å². The van der Waals surface area contributed by atoms with E-state index in [4.69, 9.17) is 4.74 Å². The van der Waals surface area contributed by atoms with E-state index in [1.165, 1.54) is 0 Å². The monoisotopic (exact) mass is 163 g/mol. The highest BCUT2D eigenvalue weighted by atomic mass is 35.5. The molecule has 2 nitrogen and oxygen atoms in total. The molecule has 0 unspecified atom stereocenters. The minimum absolute atomic E-state index is 0. The molecule has 0 rings (SSSR count). The predicted molar refractivity (Wildman–Crippen MR) is 38.2 cm³/mol. The van der Waals surface area contributed by atoms with Gasteiger partial charge >= 0.3 is 0 Å². The van der Waals surface area contributed by atoms with Crippen LogP contribution in [-0.2, 0) is 4.74 Å². The van der Waals surface area contributed by atoms with E-state index in [0.717, 1.165) is 6.61 Å². The van der Waals surface area contributed by atoms with Crippen LogP contribution in [0.25, 0.3) is 0 Å². The summed E-state index contributed by atoms with van der Waals surface area (Å²) in [5, 5.41) is 0. The standard InChI is InChI=1S/C7H14NO.ClH/c1-4-9-7-5-6-8(2)3;/h5H,4,7H2,1-3H3;1H/q+1;/p-1. The van der Waals surface area contributed by atoms with Gasteiger partial charge in [-0.15, -0.1) is 0 Å². The van der Waals surface area contributed by atoms with Crippen molar-refractivity contribution < 1.29 is 21.7 Å². The quantitative estimate of drug-likeness (QED) is 0.255. The fourth-order valence-corrected chi connectivity index (χ4v) is 0.397. The van der Waals surface area contributed by atoms with E-state index < -0.39 is 0 Å². The van der Waals surface area contributed by atoms with Gasteiger partial charge in [-0.1, -0.05) is 0 Å². The average Bonchev–Trinajstić information content (AvgIpc) is 1.80. The minimum Gasteiger partial charge on any atom is -1.00 e. The molecule has 0 heterocycles. The van der Waals surface area contributed by atoms with Crippen molar-refractivity contribution in [3.05, 3.63) is 6.08 Å². The van der Waals surface area contributed by atoms with Crippen LogP contribution in [0, 0.1) is 0 Å². The molecule has 0 saturated carbocycles. The summed E-state index contributed by atoms with van der Waals surface area (Å²) in [4.78, 5) is 0. The van der Waals surface area contributed by atoms with Gasteiger partial charge in [0, 0.05) is 12.7 Å². The van der Waals surface area contributed by atoms with Crippen LogP contribution < -0.4 is 12.4 Å². The molecule has 0 spiro atoms. The second-order valence-electron chi connectivity index (χ2n) is 1.89. The van der Waals surface area contributed by atoms with E-state index in [0.29, 0.717) is 6.61 Å². The fourth-order valence-electron chi connectivity index (χ4n) is 0.397. The molecule has 3 heteroatoms. The first kappa shape index (κ1) is 12.4. The smallest absolute Gasteiger partial charge is 0.164 e. The molecule has 60 valence electrons. The molecule has 0 aliphatic carbocycles. The van der Waals surface area contributed by atoms with Crippen LogP contribution in [0.1, 0.15) is 6.92 Å². The zero-order valence-corrected chi connectivity index (χ0v) is 7.48. The molecule has 0 aromatic heterocycles. The van der Waals surface area contributed by atoms with E-state index >= 15 is 0 Å². The summed E-state index contributed by atoms with van der Waals surface area (Å²) in [6.07, 6.45) is 1.86. The van der Waals surface area contributed by atoms with Crippen molar-refractivity contribution in [2.45, 2.75) is 6.92 Å². The summed E-state index contributed by atoms with van der Waals surface area (Å²) < 4.78 is 6.90. The third kappa shape index (κ3) is 10.6. The molecular formula is C7H14ClNO. The average molecular weight is 164 g/mol. The topological polar surface area (TPSA) is 12.2 Å². The summed E-state index contributed by atoms with van der Waals surface area (Å²) >= 11 is 0. The Hall–Kier alpha value is -0.300. The molecule has 0 atom stereocenters. The van der Waals surface area contributed by atoms with Crippen LogP contribution in [0.5, 0.6) is 0 Å². The number of rotatable bonds is 3. The van der Waals surface area contributed by atoms with E-state index in [9.17, 15) is 0 Å². The second-order valence-corrected chi connectivity index (χ2v) is 1.89. The summed E-state index contributed by atoms with van der Waals surface area (Å²) in [6.45, 7) is 3.41. The Balaban J connectivity index is 0. The van der Waals surface area contributed by atoms with Gasteiger partial charge in [-0.25, -0.2) is 0 Å². The highest BCUT2D eigenvalue weighted by Gasteiger charge is 1.76. The van der Waals surface area contributed by atoms with Crippen LogP contribution >= 0.6 is 0 Å². The Morgan fingerprint density at radius 1 is 1.50 bits per heavy atom. The lowest BCUT2D eigenvalue weighted by Gasteiger charge is -1.87. The maximum atomic E-state index is 5.04. The van der Waals surface area contributed by atoms with Gasteiger partial charge in [0.1, 0.15) is 14.1 Å². The Bertz CT molecular complexity index is 124.